The molecule has 1 N–H and O–H groups in total. The van der Waals surface area contributed by atoms with Gasteiger partial charge in [0.2, 0.25) is 0 Å². The SMILES string of the molecule is CCOC1CN(C(=O)NC2CC(C)n3ccnc32)C1. The fourth-order valence-electron chi connectivity index (χ4n) is 2.84. The predicted octanol–water partition coefficient (Wildman–Crippen LogP) is 1.32. The Labute approximate surface area is 112 Å². The van der Waals surface area contributed by atoms with Crippen LogP contribution in [0.1, 0.15) is 38.2 Å². The summed E-state index contributed by atoms with van der Waals surface area (Å²) < 4.78 is 7.58. The van der Waals surface area contributed by atoms with Gasteiger partial charge in [0.1, 0.15) is 5.82 Å². The third kappa shape index (κ3) is 2.20. The van der Waals surface area contributed by atoms with Gasteiger partial charge in [-0.1, -0.05) is 0 Å². The first-order valence-corrected chi connectivity index (χ1v) is 6.88. The summed E-state index contributed by atoms with van der Waals surface area (Å²) in [4.78, 5) is 18.2. The number of rotatable bonds is 3. The number of hydrogen-bond donors (Lipinski definition) is 1. The molecule has 1 fully saturated rings. The van der Waals surface area contributed by atoms with Crippen LogP contribution in [0.25, 0.3) is 0 Å². The Morgan fingerprint density at radius 2 is 2.37 bits per heavy atom. The van der Waals surface area contributed by atoms with Crippen LogP contribution < -0.4 is 5.32 Å². The van der Waals surface area contributed by atoms with Crippen molar-refractivity contribution in [2.24, 2.45) is 0 Å². The second-order valence-electron chi connectivity index (χ2n) is 5.26. The number of aromatic nitrogens is 2. The van der Waals surface area contributed by atoms with Gasteiger partial charge in [0.25, 0.3) is 0 Å². The van der Waals surface area contributed by atoms with E-state index in [-0.39, 0.29) is 18.2 Å². The first-order valence-electron chi connectivity index (χ1n) is 6.88. The molecule has 6 heteroatoms. The molecular weight excluding hydrogens is 244 g/mol. The van der Waals surface area contributed by atoms with Gasteiger partial charge in [0, 0.05) is 25.0 Å². The van der Waals surface area contributed by atoms with Crippen LogP contribution in [0.3, 0.4) is 0 Å². The number of hydrogen-bond acceptors (Lipinski definition) is 3. The molecule has 1 saturated heterocycles. The molecule has 2 unspecified atom stereocenters. The van der Waals surface area contributed by atoms with Crippen LogP contribution in [0.5, 0.6) is 0 Å². The van der Waals surface area contributed by atoms with Crippen molar-refractivity contribution in [1.29, 1.82) is 0 Å². The molecule has 2 atom stereocenters. The second-order valence-corrected chi connectivity index (χ2v) is 5.26. The van der Waals surface area contributed by atoms with Crippen molar-refractivity contribution in [3.05, 3.63) is 18.2 Å². The van der Waals surface area contributed by atoms with E-state index in [1.807, 2.05) is 13.1 Å². The summed E-state index contributed by atoms with van der Waals surface area (Å²) in [5.74, 6) is 0.961. The number of ether oxygens (including phenoxy) is 1. The van der Waals surface area contributed by atoms with E-state index in [0.29, 0.717) is 25.7 Å². The molecule has 0 aromatic carbocycles. The van der Waals surface area contributed by atoms with E-state index in [2.05, 4.69) is 21.8 Å². The molecule has 2 aliphatic rings. The molecule has 2 amide bonds. The van der Waals surface area contributed by atoms with Gasteiger partial charge in [0.05, 0.1) is 25.2 Å². The van der Waals surface area contributed by atoms with E-state index in [1.54, 1.807) is 11.1 Å². The lowest BCUT2D eigenvalue weighted by Gasteiger charge is -2.39. The van der Waals surface area contributed by atoms with Crippen molar-refractivity contribution in [2.75, 3.05) is 19.7 Å². The topological polar surface area (TPSA) is 59.4 Å². The van der Waals surface area contributed by atoms with Gasteiger partial charge in [-0.3, -0.25) is 0 Å². The van der Waals surface area contributed by atoms with Gasteiger partial charge in [-0.05, 0) is 20.3 Å². The summed E-state index contributed by atoms with van der Waals surface area (Å²) in [6, 6.07) is 0.420. The molecule has 0 spiro atoms. The smallest absolute Gasteiger partial charge is 0.318 e. The summed E-state index contributed by atoms with van der Waals surface area (Å²) in [6.07, 6.45) is 4.89. The largest absolute Gasteiger partial charge is 0.375 e. The number of nitrogens with zero attached hydrogens (tertiary/aromatic N) is 3. The van der Waals surface area contributed by atoms with Gasteiger partial charge >= 0.3 is 6.03 Å². The molecule has 3 rings (SSSR count). The number of urea groups is 1. The minimum Gasteiger partial charge on any atom is -0.375 e. The van der Waals surface area contributed by atoms with Crippen LogP contribution >= 0.6 is 0 Å². The zero-order chi connectivity index (χ0) is 13.4. The zero-order valence-electron chi connectivity index (χ0n) is 11.4. The summed E-state index contributed by atoms with van der Waals surface area (Å²) in [5, 5.41) is 3.06. The Hall–Kier alpha value is -1.56. The highest BCUT2D eigenvalue weighted by molar-refractivity contribution is 5.75. The molecular formula is C13H20N4O2. The van der Waals surface area contributed by atoms with Crippen molar-refractivity contribution in [3.8, 4) is 0 Å². The van der Waals surface area contributed by atoms with Gasteiger partial charge in [-0.15, -0.1) is 0 Å². The third-order valence-corrected chi connectivity index (χ3v) is 3.90. The molecule has 104 valence electrons. The second kappa shape index (κ2) is 4.85. The molecule has 0 bridgehead atoms. The van der Waals surface area contributed by atoms with Crippen molar-refractivity contribution < 1.29 is 9.53 Å². The van der Waals surface area contributed by atoms with Gasteiger partial charge in [-0.2, -0.15) is 0 Å². The number of likely N-dealkylation sites (tertiary alicyclic amines) is 1. The van der Waals surface area contributed by atoms with Gasteiger partial charge in [-0.25, -0.2) is 9.78 Å². The Balaban J connectivity index is 1.55. The van der Waals surface area contributed by atoms with Crippen LogP contribution in [0.4, 0.5) is 4.79 Å². The summed E-state index contributed by atoms with van der Waals surface area (Å²) in [5.41, 5.74) is 0. The average molecular weight is 264 g/mol. The lowest BCUT2D eigenvalue weighted by atomic mass is 10.1. The maximum absolute atomic E-state index is 12.1. The van der Waals surface area contributed by atoms with E-state index >= 15 is 0 Å². The van der Waals surface area contributed by atoms with E-state index in [4.69, 9.17) is 4.74 Å². The fourth-order valence-corrected chi connectivity index (χ4v) is 2.84. The molecule has 1 aromatic heterocycles. The monoisotopic (exact) mass is 264 g/mol. The highest BCUT2D eigenvalue weighted by Gasteiger charge is 2.35. The Kier molecular flexibility index (Phi) is 3.18. The molecule has 2 aliphatic heterocycles. The summed E-state index contributed by atoms with van der Waals surface area (Å²) in [7, 11) is 0. The molecule has 0 saturated carbocycles. The average Bonchev–Trinajstić information content (AvgIpc) is 2.89. The third-order valence-electron chi connectivity index (χ3n) is 3.90. The lowest BCUT2D eigenvalue weighted by molar-refractivity contribution is -0.0304. The standard InChI is InChI=1S/C13H20N4O2/c1-3-19-10-7-16(8-10)13(18)15-11-6-9(2)17-5-4-14-12(11)17/h4-5,9-11H,3,6-8H2,1-2H3,(H,15,18). The first-order chi connectivity index (χ1) is 9.19. The van der Waals surface area contributed by atoms with Crippen LogP contribution in [0.15, 0.2) is 12.4 Å². The molecule has 0 radical (unpaired) electrons. The van der Waals surface area contributed by atoms with E-state index in [0.717, 1.165) is 12.2 Å². The number of carbonyl (C=O) groups excluding carboxylic acids is 1. The van der Waals surface area contributed by atoms with Crippen molar-refractivity contribution in [3.63, 3.8) is 0 Å². The first kappa shape index (κ1) is 12.5. The number of nitrogens with one attached hydrogen (secondary N) is 1. The summed E-state index contributed by atoms with van der Waals surface area (Å²) >= 11 is 0. The molecule has 6 nitrogen and oxygen atoms in total. The Morgan fingerprint density at radius 3 is 3.11 bits per heavy atom. The maximum Gasteiger partial charge on any atom is 0.318 e. The predicted molar refractivity (Wildman–Crippen MR) is 69.8 cm³/mol. The highest BCUT2D eigenvalue weighted by atomic mass is 16.5. The van der Waals surface area contributed by atoms with E-state index < -0.39 is 0 Å². The Bertz CT molecular complexity index is 467. The number of fused-ring (bicyclic) bond motifs is 1. The van der Waals surface area contributed by atoms with E-state index in [9.17, 15) is 4.79 Å². The normalized spacial score (nSPS) is 26.1. The minimum absolute atomic E-state index is 0.00963. The fraction of sp³-hybridized carbons (Fsp3) is 0.692. The molecule has 19 heavy (non-hydrogen) atoms. The quantitative estimate of drug-likeness (QED) is 0.895. The van der Waals surface area contributed by atoms with Crippen LogP contribution in [-0.2, 0) is 4.74 Å². The van der Waals surface area contributed by atoms with Gasteiger partial charge in [0.15, 0.2) is 0 Å². The molecule has 1 aromatic rings. The van der Waals surface area contributed by atoms with Crippen molar-refractivity contribution in [2.45, 2.75) is 38.5 Å². The van der Waals surface area contributed by atoms with Crippen molar-refractivity contribution >= 4 is 6.03 Å². The van der Waals surface area contributed by atoms with Crippen molar-refractivity contribution in [1.82, 2.24) is 19.8 Å². The zero-order valence-corrected chi connectivity index (χ0v) is 11.4. The molecule has 3 heterocycles. The van der Waals surface area contributed by atoms with Crippen LogP contribution in [0.2, 0.25) is 0 Å². The highest BCUT2D eigenvalue weighted by Crippen LogP contribution is 2.32. The molecule has 0 aliphatic carbocycles. The number of amides is 2. The number of carbonyl (C=O) groups is 1. The van der Waals surface area contributed by atoms with Crippen LogP contribution in [0, 0.1) is 0 Å². The van der Waals surface area contributed by atoms with Gasteiger partial charge < -0.3 is 19.5 Å². The lowest BCUT2D eigenvalue weighted by Crippen LogP contribution is -2.58. The minimum atomic E-state index is -0.00963. The summed E-state index contributed by atoms with van der Waals surface area (Å²) in [6.45, 7) is 6.21. The Morgan fingerprint density at radius 1 is 1.58 bits per heavy atom. The number of imidazole rings is 1. The van der Waals surface area contributed by atoms with Crippen LogP contribution in [-0.4, -0.2) is 46.3 Å². The maximum atomic E-state index is 12.1. The van der Waals surface area contributed by atoms with E-state index in [1.165, 1.54) is 0 Å².